The molecular weight excluding hydrogens is 354 g/mol. The fourth-order valence-electron chi connectivity index (χ4n) is 3.53. The van der Waals surface area contributed by atoms with Gasteiger partial charge in [0.15, 0.2) is 5.82 Å². The Bertz CT molecular complexity index is 928. The van der Waals surface area contributed by atoms with Crippen LogP contribution in [0.4, 0.5) is 5.69 Å². The maximum atomic E-state index is 12.1. The number of ether oxygens (including phenoxy) is 1. The van der Waals surface area contributed by atoms with Crippen molar-refractivity contribution in [2.75, 3.05) is 5.32 Å². The quantitative estimate of drug-likeness (QED) is 0.693. The standard InChI is InChI=1S/C21H23N5O2/c1-15-22-12-13-26(15)19-10-11-21(25-24-19)28-18-8-6-17(7-9-18)23-20(27)14-16-4-2-3-5-16/h6-13,16H,2-5,14H2,1H3,(H,23,27). The van der Waals surface area contributed by atoms with E-state index >= 15 is 0 Å². The topological polar surface area (TPSA) is 81.9 Å². The number of nitrogens with zero attached hydrogens (tertiary/aromatic N) is 4. The predicted octanol–water partition coefficient (Wildman–Crippen LogP) is 4.28. The Morgan fingerprint density at radius 2 is 1.93 bits per heavy atom. The fraction of sp³-hybridized carbons (Fsp3) is 0.333. The van der Waals surface area contributed by atoms with Gasteiger partial charge in [-0.2, -0.15) is 0 Å². The summed E-state index contributed by atoms with van der Waals surface area (Å²) in [6.45, 7) is 1.90. The zero-order chi connectivity index (χ0) is 19.3. The lowest BCUT2D eigenvalue weighted by Crippen LogP contribution is -2.14. The number of benzene rings is 1. The van der Waals surface area contributed by atoms with Crippen LogP contribution in [-0.4, -0.2) is 25.7 Å². The van der Waals surface area contributed by atoms with Gasteiger partial charge in [-0.1, -0.05) is 12.8 Å². The summed E-state index contributed by atoms with van der Waals surface area (Å²) in [5.74, 6) is 3.18. The van der Waals surface area contributed by atoms with Crippen molar-refractivity contribution >= 4 is 11.6 Å². The lowest BCUT2D eigenvalue weighted by atomic mass is 10.0. The summed E-state index contributed by atoms with van der Waals surface area (Å²) in [6, 6.07) is 10.9. The molecule has 1 aliphatic carbocycles. The second-order valence-corrected chi connectivity index (χ2v) is 7.10. The molecule has 0 bridgehead atoms. The highest BCUT2D eigenvalue weighted by Gasteiger charge is 2.18. The van der Waals surface area contributed by atoms with Crippen molar-refractivity contribution in [3.05, 3.63) is 54.6 Å². The van der Waals surface area contributed by atoms with Gasteiger partial charge in [-0.15, -0.1) is 10.2 Å². The van der Waals surface area contributed by atoms with Gasteiger partial charge in [0.1, 0.15) is 11.6 Å². The summed E-state index contributed by atoms with van der Waals surface area (Å²) in [6.07, 6.45) is 8.98. The molecule has 4 rings (SSSR count). The summed E-state index contributed by atoms with van der Waals surface area (Å²) < 4.78 is 7.58. The average molecular weight is 377 g/mol. The summed E-state index contributed by atoms with van der Waals surface area (Å²) in [5.41, 5.74) is 0.771. The first kappa shape index (κ1) is 18.2. The number of imidazole rings is 1. The van der Waals surface area contributed by atoms with E-state index in [9.17, 15) is 4.79 Å². The first-order chi connectivity index (χ1) is 13.7. The number of amides is 1. The van der Waals surface area contributed by atoms with Gasteiger partial charge in [0.2, 0.25) is 11.8 Å². The third kappa shape index (κ3) is 4.36. The second kappa shape index (κ2) is 8.21. The molecule has 28 heavy (non-hydrogen) atoms. The second-order valence-electron chi connectivity index (χ2n) is 7.10. The van der Waals surface area contributed by atoms with Gasteiger partial charge in [-0.05, 0) is 56.0 Å². The summed E-state index contributed by atoms with van der Waals surface area (Å²) in [7, 11) is 0. The monoisotopic (exact) mass is 377 g/mol. The Morgan fingerprint density at radius 3 is 2.57 bits per heavy atom. The van der Waals surface area contributed by atoms with Crippen LogP contribution < -0.4 is 10.1 Å². The van der Waals surface area contributed by atoms with E-state index in [0.29, 0.717) is 29.8 Å². The van der Waals surface area contributed by atoms with Crippen LogP contribution in [0.3, 0.4) is 0 Å². The minimum Gasteiger partial charge on any atom is -0.438 e. The molecule has 2 aromatic heterocycles. The van der Waals surface area contributed by atoms with Gasteiger partial charge < -0.3 is 10.1 Å². The minimum absolute atomic E-state index is 0.0804. The van der Waals surface area contributed by atoms with Crippen LogP contribution in [0, 0.1) is 12.8 Å². The Hall–Kier alpha value is -3.22. The van der Waals surface area contributed by atoms with Crippen molar-refractivity contribution in [3.8, 4) is 17.4 Å². The first-order valence-corrected chi connectivity index (χ1v) is 9.59. The van der Waals surface area contributed by atoms with Crippen molar-refractivity contribution in [2.45, 2.75) is 39.0 Å². The third-order valence-corrected chi connectivity index (χ3v) is 5.01. The number of carbonyl (C=O) groups excluding carboxylic acids is 1. The zero-order valence-corrected chi connectivity index (χ0v) is 15.8. The normalized spacial score (nSPS) is 14.2. The molecule has 7 heteroatoms. The van der Waals surface area contributed by atoms with Crippen LogP contribution in [-0.2, 0) is 4.79 Å². The number of aryl methyl sites for hydroxylation is 1. The van der Waals surface area contributed by atoms with Gasteiger partial charge in [0.05, 0.1) is 0 Å². The van der Waals surface area contributed by atoms with Gasteiger partial charge in [-0.25, -0.2) is 4.98 Å². The largest absolute Gasteiger partial charge is 0.438 e. The van der Waals surface area contributed by atoms with Crippen LogP contribution in [0.5, 0.6) is 11.6 Å². The van der Waals surface area contributed by atoms with Crippen LogP contribution in [0.2, 0.25) is 0 Å². The Morgan fingerprint density at radius 1 is 1.14 bits per heavy atom. The number of carbonyl (C=O) groups is 1. The molecule has 1 aromatic carbocycles. The van der Waals surface area contributed by atoms with Crippen LogP contribution >= 0.6 is 0 Å². The number of hydrogen-bond donors (Lipinski definition) is 1. The molecule has 1 N–H and O–H groups in total. The molecule has 0 spiro atoms. The van der Waals surface area contributed by atoms with Crippen molar-refractivity contribution in [3.63, 3.8) is 0 Å². The number of aromatic nitrogens is 4. The Balaban J connectivity index is 1.34. The first-order valence-electron chi connectivity index (χ1n) is 9.59. The van der Waals surface area contributed by atoms with E-state index in [1.54, 1.807) is 24.4 Å². The van der Waals surface area contributed by atoms with Crippen molar-refractivity contribution < 1.29 is 9.53 Å². The Labute approximate surface area is 163 Å². The Kier molecular flexibility index (Phi) is 5.32. The molecule has 1 fully saturated rings. The van der Waals surface area contributed by atoms with Gasteiger partial charge >= 0.3 is 0 Å². The SMILES string of the molecule is Cc1nccn1-c1ccc(Oc2ccc(NC(=O)CC3CCCC3)cc2)nn1. The van der Waals surface area contributed by atoms with E-state index < -0.39 is 0 Å². The van der Waals surface area contributed by atoms with E-state index in [1.807, 2.05) is 35.9 Å². The molecule has 0 radical (unpaired) electrons. The maximum Gasteiger partial charge on any atom is 0.238 e. The third-order valence-electron chi connectivity index (χ3n) is 5.01. The van der Waals surface area contributed by atoms with Gasteiger partial charge in [0.25, 0.3) is 0 Å². The van der Waals surface area contributed by atoms with E-state index in [4.69, 9.17) is 4.74 Å². The van der Waals surface area contributed by atoms with E-state index in [2.05, 4.69) is 20.5 Å². The molecule has 3 aromatic rings. The van der Waals surface area contributed by atoms with Crippen molar-refractivity contribution in [2.24, 2.45) is 5.92 Å². The molecule has 1 saturated carbocycles. The number of nitrogens with one attached hydrogen (secondary N) is 1. The molecule has 0 saturated heterocycles. The zero-order valence-electron chi connectivity index (χ0n) is 15.8. The lowest BCUT2D eigenvalue weighted by molar-refractivity contribution is -0.117. The highest BCUT2D eigenvalue weighted by atomic mass is 16.5. The van der Waals surface area contributed by atoms with Crippen LogP contribution in [0.1, 0.15) is 37.9 Å². The smallest absolute Gasteiger partial charge is 0.238 e. The van der Waals surface area contributed by atoms with Gasteiger partial charge in [0, 0.05) is 30.6 Å². The fourth-order valence-corrected chi connectivity index (χ4v) is 3.53. The molecular formula is C21H23N5O2. The van der Waals surface area contributed by atoms with Crippen molar-refractivity contribution in [1.29, 1.82) is 0 Å². The molecule has 7 nitrogen and oxygen atoms in total. The maximum absolute atomic E-state index is 12.1. The van der Waals surface area contributed by atoms with Gasteiger partial charge in [-0.3, -0.25) is 9.36 Å². The number of hydrogen-bond acceptors (Lipinski definition) is 5. The number of anilines is 1. The highest BCUT2D eigenvalue weighted by molar-refractivity contribution is 5.90. The van der Waals surface area contributed by atoms with Crippen LogP contribution in [0.15, 0.2) is 48.8 Å². The van der Waals surface area contributed by atoms with E-state index in [-0.39, 0.29) is 5.91 Å². The molecule has 0 aliphatic heterocycles. The minimum atomic E-state index is 0.0804. The molecule has 0 atom stereocenters. The molecule has 2 heterocycles. The summed E-state index contributed by atoms with van der Waals surface area (Å²) in [5, 5.41) is 11.2. The average Bonchev–Trinajstić information content (AvgIpc) is 3.36. The molecule has 1 amide bonds. The summed E-state index contributed by atoms with van der Waals surface area (Å²) >= 11 is 0. The summed E-state index contributed by atoms with van der Waals surface area (Å²) in [4.78, 5) is 16.3. The number of rotatable bonds is 6. The lowest BCUT2D eigenvalue weighted by Gasteiger charge is -2.10. The van der Waals surface area contributed by atoms with E-state index in [1.165, 1.54) is 25.7 Å². The molecule has 0 unspecified atom stereocenters. The molecule has 144 valence electrons. The highest BCUT2D eigenvalue weighted by Crippen LogP contribution is 2.28. The predicted molar refractivity (Wildman–Crippen MR) is 106 cm³/mol. The van der Waals surface area contributed by atoms with E-state index in [0.717, 1.165) is 11.5 Å². The van der Waals surface area contributed by atoms with Crippen LogP contribution in [0.25, 0.3) is 5.82 Å². The molecule has 1 aliphatic rings. The van der Waals surface area contributed by atoms with Crippen molar-refractivity contribution in [1.82, 2.24) is 19.7 Å².